The Bertz CT molecular complexity index is 361. The first kappa shape index (κ1) is 22.1. The van der Waals surface area contributed by atoms with Crippen LogP contribution in [0.4, 0.5) is 0 Å². The van der Waals surface area contributed by atoms with Crippen LogP contribution >= 0.6 is 0 Å². The van der Waals surface area contributed by atoms with Crippen molar-refractivity contribution in [2.45, 2.75) is 115 Å². The maximum absolute atomic E-state index is 9.96. The summed E-state index contributed by atoms with van der Waals surface area (Å²) in [7, 11) is 0. The van der Waals surface area contributed by atoms with Gasteiger partial charge in [-0.3, -0.25) is 5.32 Å². The third-order valence-electron chi connectivity index (χ3n) is 5.12. The van der Waals surface area contributed by atoms with Gasteiger partial charge in [0.1, 0.15) is 30.6 Å². The third-order valence-corrected chi connectivity index (χ3v) is 5.12. The van der Waals surface area contributed by atoms with Gasteiger partial charge < -0.3 is 25.2 Å². The van der Waals surface area contributed by atoms with Crippen molar-refractivity contribution in [1.82, 2.24) is 5.32 Å². The van der Waals surface area contributed by atoms with Crippen LogP contribution in [0, 0.1) is 0 Å². The first-order valence-corrected chi connectivity index (χ1v) is 10.5. The average Bonchev–Trinajstić information content (AvgIpc) is 2.67. The van der Waals surface area contributed by atoms with Crippen molar-refractivity contribution in [1.29, 1.82) is 0 Å². The predicted molar refractivity (Wildman–Crippen MR) is 103 cm³/mol. The molecule has 156 valence electrons. The van der Waals surface area contributed by atoms with Crippen LogP contribution in [0.2, 0.25) is 0 Å². The first-order valence-electron chi connectivity index (χ1n) is 11.0. The van der Waals surface area contributed by atoms with Gasteiger partial charge in [0.25, 0.3) is 0 Å². The molecule has 0 bridgehead atoms. The van der Waals surface area contributed by atoms with Gasteiger partial charge in [0.15, 0.2) is 0 Å². The summed E-state index contributed by atoms with van der Waals surface area (Å²) in [5.74, 6) is 0. The molecule has 0 aromatic heterocycles. The summed E-state index contributed by atoms with van der Waals surface area (Å²) >= 11 is 0. The van der Waals surface area contributed by atoms with E-state index in [1.807, 2.05) is 0 Å². The zero-order valence-corrected chi connectivity index (χ0v) is 16.4. The monoisotopic (exact) mass is 376 g/mol. The Balaban J connectivity index is 2.06. The molecule has 0 amide bonds. The first-order chi connectivity index (χ1) is 13.0. The summed E-state index contributed by atoms with van der Waals surface area (Å²) in [6.45, 7) is 2.13. The third kappa shape index (κ3) is 9.11. The standard InChI is InChI=1S/C20H41NO5/c1-2-3-4-5-6-7-8-9-10-11-12-13-14-21-20-19(25)18(24)17(23)16(15-22)26-20/h16-25H,2-15H2,1H3/t16-,17-,18+,19-,20?/m1/s1/i13D/t13?,16-,17-,18+,19-,20?. The summed E-state index contributed by atoms with van der Waals surface area (Å²) < 4.78 is 13.5. The van der Waals surface area contributed by atoms with Crippen molar-refractivity contribution in [2.24, 2.45) is 0 Å². The molecule has 0 radical (unpaired) electrons. The van der Waals surface area contributed by atoms with Gasteiger partial charge in [-0.05, 0) is 12.9 Å². The highest BCUT2D eigenvalue weighted by Crippen LogP contribution is 2.19. The lowest BCUT2D eigenvalue weighted by Gasteiger charge is -2.40. The van der Waals surface area contributed by atoms with E-state index in [-0.39, 0.29) is 6.40 Å². The van der Waals surface area contributed by atoms with Gasteiger partial charge in [-0.25, -0.2) is 0 Å². The molecule has 1 fully saturated rings. The lowest BCUT2D eigenvalue weighted by atomic mass is 9.98. The largest absolute Gasteiger partial charge is 0.394 e. The predicted octanol–water partition coefficient (Wildman–Crippen LogP) is 2.08. The molecular formula is C20H41NO5. The van der Waals surface area contributed by atoms with Gasteiger partial charge in [-0.15, -0.1) is 0 Å². The summed E-state index contributed by atoms with van der Waals surface area (Å²) in [6, 6.07) is 0. The Kier molecular flexibility index (Phi) is 12.5. The molecule has 0 spiro atoms. The van der Waals surface area contributed by atoms with E-state index in [0.717, 1.165) is 19.3 Å². The molecule has 1 saturated heterocycles. The molecule has 0 saturated carbocycles. The van der Waals surface area contributed by atoms with Crippen LogP contribution in [-0.4, -0.2) is 64.2 Å². The average molecular weight is 377 g/mol. The van der Waals surface area contributed by atoms with Gasteiger partial charge in [0.2, 0.25) is 0 Å². The lowest BCUT2D eigenvalue weighted by molar-refractivity contribution is -0.236. The fourth-order valence-corrected chi connectivity index (χ4v) is 3.35. The van der Waals surface area contributed by atoms with Crippen LogP contribution in [0.3, 0.4) is 0 Å². The summed E-state index contributed by atoms with van der Waals surface area (Å²) in [5.41, 5.74) is 0. The molecule has 2 unspecified atom stereocenters. The van der Waals surface area contributed by atoms with Gasteiger partial charge >= 0.3 is 0 Å². The molecule has 26 heavy (non-hydrogen) atoms. The van der Waals surface area contributed by atoms with Gasteiger partial charge in [0.05, 0.1) is 6.61 Å². The Morgan fingerprint density at radius 2 is 1.35 bits per heavy atom. The second-order valence-corrected chi connectivity index (χ2v) is 7.42. The minimum atomic E-state index is -1.38. The second-order valence-electron chi connectivity index (χ2n) is 7.42. The number of hydrogen-bond donors (Lipinski definition) is 5. The molecule has 1 aliphatic heterocycles. The van der Waals surface area contributed by atoms with Crippen LogP contribution in [-0.2, 0) is 4.74 Å². The maximum Gasteiger partial charge on any atom is 0.137 e. The fourth-order valence-electron chi connectivity index (χ4n) is 3.35. The minimum Gasteiger partial charge on any atom is -0.394 e. The Morgan fingerprint density at radius 3 is 1.88 bits per heavy atom. The Morgan fingerprint density at radius 1 is 0.808 bits per heavy atom. The van der Waals surface area contributed by atoms with E-state index in [2.05, 4.69) is 12.2 Å². The van der Waals surface area contributed by atoms with Crippen molar-refractivity contribution in [3.05, 3.63) is 0 Å². The highest BCUT2D eigenvalue weighted by Gasteiger charge is 2.42. The van der Waals surface area contributed by atoms with Crippen LogP contribution in [0.5, 0.6) is 0 Å². The van der Waals surface area contributed by atoms with Crippen LogP contribution in [0.1, 0.15) is 85.3 Å². The van der Waals surface area contributed by atoms with E-state index in [4.69, 9.17) is 6.11 Å². The normalized spacial score (nSPS) is 31.0. The van der Waals surface area contributed by atoms with Crippen molar-refractivity contribution in [3.8, 4) is 0 Å². The van der Waals surface area contributed by atoms with E-state index in [1.165, 1.54) is 51.4 Å². The minimum absolute atomic E-state index is 0.314. The zero-order valence-electron chi connectivity index (χ0n) is 17.4. The summed E-state index contributed by atoms with van der Waals surface area (Å²) in [6.07, 6.45) is 7.32. The maximum atomic E-state index is 9.96. The molecule has 1 aliphatic rings. The van der Waals surface area contributed by atoms with E-state index >= 15 is 0 Å². The molecule has 1 heterocycles. The zero-order chi connectivity index (χ0) is 20.1. The summed E-state index contributed by atoms with van der Waals surface area (Å²) in [5, 5.41) is 41.6. The number of unbranched alkanes of at least 4 members (excludes halogenated alkanes) is 9. The SMILES string of the molecule is [2H]C(CCCCCCCCCCCC)CNC1O[C@H](CO)[C@@H](O)[C@H](O)[C@H]1O. The number of hydrogen-bond acceptors (Lipinski definition) is 6. The number of ether oxygens (including phenoxy) is 1. The number of nitrogens with one attached hydrogen (secondary N) is 1. The summed E-state index contributed by atoms with van der Waals surface area (Å²) in [4.78, 5) is 0. The van der Waals surface area contributed by atoms with E-state index in [0.29, 0.717) is 6.54 Å². The van der Waals surface area contributed by atoms with Gasteiger partial charge in [-0.2, -0.15) is 0 Å². The highest BCUT2D eigenvalue weighted by atomic mass is 16.6. The Labute approximate surface area is 160 Å². The lowest BCUT2D eigenvalue weighted by Crippen LogP contribution is -2.62. The van der Waals surface area contributed by atoms with Crippen LogP contribution in [0.25, 0.3) is 0 Å². The van der Waals surface area contributed by atoms with Crippen molar-refractivity contribution < 1.29 is 26.5 Å². The van der Waals surface area contributed by atoms with Gasteiger partial charge in [0, 0.05) is 1.37 Å². The second kappa shape index (κ2) is 14.8. The van der Waals surface area contributed by atoms with E-state index in [1.54, 1.807) is 0 Å². The molecule has 6 heteroatoms. The molecular weight excluding hydrogens is 334 g/mol. The van der Waals surface area contributed by atoms with Crippen molar-refractivity contribution in [3.63, 3.8) is 0 Å². The quantitative estimate of drug-likeness (QED) is 0.281. The van der Waals surface area contributed by atoms with Crippen LogP contribution in [0.15, 0.2) is 0 Å². The van der Waals surface area contributed by atoms with E-state index < -0.39 is 37.3 Å². The van der Waals surface area contributed by atoms with Crippen molar-refractivity contribution >= 4 is 0 Å². The molecule has 0 aromatic rings. The topological polar surface area (TPSA) is 102 Å². The number of aliphatic hydroxyl groups is 4. The number of rotatable bonds is 15. The molecule has 6 nitrogen and oxygen atoms in total. The molecule has 5 N–H and O–H groups in total. The van der Waals surface area contributed by atoms with Crippen LogP contribution < -0.4 is 5.32 Å². The molecule has 0 aliphatic carbocycles. The molecule has 0 aromatic carbocycles. The van der Waals surface area contributed by atoms with Gasteiger partial charge in [-0.1, -0.05) is 77.6 Å². The Hall–Kier alpha value is -0.240. The van der Waals surface area contributed by atoms with E-state index in [9.17, 15) is 20.4 Å². The smallest absolute Gasteiger partial charge is 0.137 e. The highest BCUT2D eigenvalue weighted by molar-refractivity contribution is 4.90. The fraction of sp³-hybridized carbons (Fsp3) is 1.00. The van der Waals surface area contributed by atoms with Crippen molar-refractivity contribution in [2.75, 3.05) is 13.2 Å². The molecule has 1 rings (SSSR count). The molecule has 6 atom stereocenters. The number of aliphatic hydroxyl groups excluding tert-OH is 4.